The lowest BCUT2D eigenvalue weighted by atomic mass is 9.59. The summed E-state index contributed by atoms with van der Waals surface area (Å²) in [5, 5.41) is 9.84. The zero-order valence-corrected chi connectivity index (χ0v) is 22.5. The third-order valence-electron chi connectivity index (χ3n) is 7.64. The molecule has 0 bridgehead atoms. The number of halogens is 2. The molecule has 3 aliphatic carbocycles. The number of benzene rings is 2. The number of phenolic OH excluding ortho intramolecular Hbond substituents is 1. The molecule has 6 rings (SSSR count). The summed E-state index contributed by atoms with van der Waals surface area (Å²) in [7, 11) is 0. The summed E-state index contributed by atoms with van der Waals surface area (Å²) in [5.41, 5.74) is 3.00. The maximum absolute atomic E-state index is 13.8. The lowest BCUT2D eigenvalue weighted by Crippen LogP contribution is -2.39. The number of ketones is 2. The molecular weight excluding hydrogens is 637 g/mol. The minimum absolute atomic E-state index is 0.0939. The van der Waals surface area contributed by atoms with Crippen molar-refractivity contribution in [3.8, 4) is 5.75 Å². The fourth-order valence-electron chi connectivity index (χ4n) is 6.10. The van der Waals surface area contributed by atoms with Crippen LogP contribution in [0.15, 0.2) is 81.9 Å². The molecule has 8 heteroatoms. The highest BCUT2D eigenvalue weighted by Crippen LogP contribution is 2.55. The molecule has 6 nitrogen and oxygen atoms in total. The number of aromatic hydroxyl groups is 1. The third-order valence-corrected chi connectivity index (χ3v) is 8.95. The van der Waals surface area contributed by atoms with E-state index in [0.717, 1.165) is 14.7 Å². The smallest absolute Gasteiger partial charge is 0.238 e. The van der Waals surface area contributed by atoms with Gasteiger partial charge < -0.3 is 5.11 Å². The van der Waals surface area contributed by atoms with E-state index >= 15 is 0 Å². The highest BCUT2D eigenvalue weighted by Gasteiger charge is 2.56. The van der Waals surface area contributed by atoms with Gasteiger partial charge in [-0.3, -0.25) is 24.1 Å². The van der Waals surface area contributed by atoms with Gasteiger partial charge in [-0.2, -0.15) is 0 Å². The first-order chi connectivity index (χ1) is 17.3. The molecule has 1 saturated heterocycles. The van der Waals surface area contributed by atoms with Crippen LogP contribution in [0, 0.1) is 21.3 Å². The number of fused-ring (bicyclic) bond motifs is 3. The largest absolute Gasteiger partial charge is 0.508 e. The molecule has 0 saturated carbocycles. The van der Waals surface area contributed by atoms with E-state index in [-0.39, 0.29) is 46.0 Å². The highest BCUT2D eigenvalue weighted by atomic mass is 127. The molecule has 4 atom stereocenters. The van der Waals surface area contributed by atoms with Gasteiger partial charge in [0.25, 0.3) is 0 Å². The van der Waals surface area contributed by atoms with Gasteiger partial charge in [0.2, 0.25) is 11.8 Å². The predicted molar refractivity (Wildman–Crippen MR) is 144 cm³/mol. The molecule has 2 amide bonds. The maximum Gasteiger partial charge on any atom is 0.238 e. The van der Waals surface area contributed by atoms with E-state index in [0.29, 0.717) is 23.3 Å². The minimum atomic E-state index is -0.613. The standard InChI is InChI=1S/C28H19BrINO5/c29-21-12-22(33)25-20(26(21)34)11-19-17(23(25)13-1-7-16(32)8-2-13)9-10-18-24(19)28(36)31(27(18)35)15-5-3-14(30)4-6-15/h1-9,12,18-19,23-24,32H,10-11H2/t18-,19+,23-,24-/m0/s1. The Morgan fingerprint density at radius 2 is 1.61 bits per heavy atom. The van der Waals surface area contributed by atoms with E-state index in [2.05, 4.69) is 38.5 Å². The van der Waals surface area contributed by atoms with Gasteiger partial charge in [-0.15, -0.1) is 0 Å². The Morgan fingerprint density at radius 3 is 2.31 bits per heavy atom. The van der Waals surface area contributed by atoms with Crippen molar-refractivity contribution in [3.63, 3.8) is 0 Å². The normalized spacial score (nSPS) is 27.4. The number of carbonyl (C=O) groups is 4. The summed E-state index contributed by atoms with van der Waals surface area (Å²) < 4.78 is 1.20. The molecule has 0 spiro atoms. The van der Waals surface area contributed by atoms with E-state index in [1.807, 2.05) is 18.2 Å². The van der Waals surface area contributed by atoms with Crippen LogP contribution in [0.3, 0.4) is 0 Å². The lowest BCUT2D eigenvalue weighted by Gasteiger charge is -2.42. The zero-order valence-electron chi connectivity index (χ0n) is 18.8. The molecular formula is C28H19BrINO5. The van der Waals surface area contributed by atoms with E-state index in [1.165, 1.54) is 11.0 Å². The average Bonchev–Trinajstić information content (AvgIpc) is 3.12. The van der Waals surface area contributed by atoms with Gasteiger partial charge in [-0.25, -0.2) is 0 Å². The lowest BCUT2D eigenvalue weighted by molar-refractivity contribution is -0.123. The molecule has 1 N–H and O–H groups in total. The molecule has 0 radical (unpaired) electrons. The summed E-state index contributed by atoms with van der Waals surface area (Å²) in [6.45, 7) is 0. The van der Waals surface area contributed by atoms with Crippen molar-refractivity contribution in [2.75, 3.05) is 4.90 Å². The number of hydrogen-bond acceptors (Lipinski definition) is 5. The highest BCUT2D eigenvalue weighted by molar-refractivity contribution is 14.1. The first kappa shape index (κ1) is 23.5. The second-order valence-corrected chi connectivity index (χ2v) is 11.6. The predicted octanol–water partition coefficient (Wildman–Crippen LogP) is 4.96. The number of hydrogen-bond donors (Lipinski definition) is 1. The molecule has 1 aliphatic heterocycles. The number of imide groups is 1. The maximum atomic E-state index is 13.8. The number of anilines is 1. The first-order valence-corrected chi connectivity index (χ1v) is 13.4. The van der Waals surface area contributed by atoms with Crippen molar-refractivity contribution >= 4 is 67.6 Å². The SMILES string of the molecule is O=C1C=C(Br)C(=O)C2=C1[C@@H](c1ccc(O)cc1)C1=CC[C@@H]3C(=O)N(c4ccc(I)cc4)C(=O)[C@@H]3[C@@H]1C2. The van der Waals surface area contributed by atoms with E-state index < -0.39 is 17.8 Å². The van der Waals surface area contributed by atoms with Crippen LogP contribution in [0.5, 0.6) is 5.75 Å². The molecule has 4 aliphatic rings. The fourth-order valence-corrected chi connectivity index (χ4v) is 6.90. The van der Waals surface area contributed by atoms with Crippen LogP contribution in [-0.2, 0) is 19.2 Å². The average molecular weight is 656 g/mol. The quantitative estimate of drug-likeness (QED) is 0.214. The van der Waals surface area contributed by atoms with Crippen molar-refractivity contribution < 1.29 is 24.3 Å². The molecule has 180 valence electrons. The Labute approximate surface area is 229 Å². The second kappa shape index (κ2) is 8.62. The van der Waals surface area contributed by atoms with Gasteiger partial charge in [0.05, 0.1) is 22.0 Å². The van der Waals surface area contributed by atoms with Crippen molar-refractivity contribution in [1.29, 1.82) is 0 Å². The Bertz CT molecular complexity index is 1450. The van der Waals surface area contributed by atoms with Gasteiger partial charge in [0.15, 0.2) is 11.6 Å². The summed E-state index contributed by atoms with van der Waals surface area (Å²) >= 11 is 5.41. The Hall–Kier alpha value is -2.85. The number of amides is 2. The fraction of sp³-hybridized carbons (Fsp3) is 0.214. The minimum Gasteiger partial charge on any atom is -0.508 e. The van der Waals surface area contributed by atoms with E-state index in [9.17, 15) is 24.3 Å². The van der Waals surface area contributed by atoms with Crippen LogP contribution in [0.4, 0.5) is 5.69 Å². The van der Waals surface area contributed by atoms with Gasteiger partial charge in [0.1, 0.15) is 5.75 Å². The van der Waals surface area contributed by atoms with Crippen LogP contribution in [0.2, 0.25) is 0 Å². The van der Waals surface area contributed by atoms with Gasteiger partial charge in [0, 0.05) is 26.7 Å². The van der Waals surface area contributed by atoms with Crippen molar-refractivity contribution in [1.82, 2.24) is 0 Å². The molecule has 0 aromatic heterocycles. The second-order valence-electron chi connectivity index (χ2n) is 9.47. The van der Waals surface area contributed by atoms with Gasteiger partial charge >= 0.3 is 0 Å². The van der Waals surface area contributed by atoms with Crippen molar-refractivity contribution in [2.24, 2.45) is 17.8 Å². The van der Waals surface area contributed by atoms with Crippen LogP contribution < -0.4 is 4.90 Å². The Kier molecular flexibility index (Phi) is 5.64. The Balaban J connectivity index is 1.48. The molecule has 36 heavy (non-hydrogen) atoms. The van der Waals surface area contributed by atoms with Crippen LogP contribution >= 0.6 is 38.5 Å². The summed E-state index contributed by atoms with van der Waals surface area (Å²) in [6, 6.07) is 13.8. The van der Waals surface area contributed by atoms with Crippen LogP contribution in [-0.4, -0.2) is 28.5 Å². The number of carbonyl (C=O) groups excluding carboxylic acids is 4. The monoisotopic (exact) mass is 655 g/mol. The van der Waals surface area contributed by atoms with Crippen molar-refractivity contribution in [2.45, 2.75) is 18.8 Å². The molecule has 1 fully saturated rings. The number of allylic oxidation sites excluding steroid dienone is 6. The van der Waals surface area contributed by atoms with E-state index in [1.54, 1.807) is 36.4 Å². The number of nitrogens with zero attached hydrogens (tertiary/aromatic N) is 1. The van der Waals surface area contributed by atoms with Crippen LogP contribution in [0.1, 0.15) is 24.3 Å². The third kappa shape index (κ3) is 3.48. The number of rotatable bonds is 2. The van der Waals surface area contributed by atoms with Crippen LogP contribution in [0.25, 0.3) is 0 Å². The first-order valence-electron chi connectivity index (χ1n) is 11.6. The molecule has 2 aromatic carbocycles. The van der Waals surface area contributed by atoms with E-state index in [4.69, 9.17) is 0 Å². The topological polar surface area (TPSA) is 91.8 Å². The van der Waals surface area contributed by atoms with Gasteiger partial charge in [-0.05, 0) is 99.2 Å². The summed E-state index contributed by atoms with van der Waals surface area (Å²) in [4.78, 5) is 54.9. The number of Topliss-reactive ketones (excluding diaryl/α,β-unsaturated/α-hetero) is 1. The summed E-state index contributed by atoms with van der Waals surface area (Å²) in [5.74, 6) is -2.94. The number of phenols is 1. The molecule has 0 unspecified atom stereocenters. The molecule has 2 aromatic rings. The Morgan fingerprint density at radius 1 is 0.917 bits per heavy atom. The van der Waals surface area contributed by atoms with Crippen molar-refractivity contribution in [3.05, 3.63) is 91.0 Å². The van der Waals surface area contributed by atoms with Gasteiger partial charge in [-0.1, -0.05) is 23.8 Å². The zero-order chi connectivity index (χ0) is 25.3. The molecule has 1 heterocycles. The summed E-state index contributed by atoms with van der Waals surface area (Å²) in [6.07, 6.45) is 3.91.